The van der Waals surface area contributed by atoms with Crippen molar-refractivity contribution >= 4 is 24.2 Å². The van der Waals surface area contributed by atoms with E-state index in [2.05, 4.69) is 106 Å². The standard InChI is InChI=1S/C21H34OSi.C11H14O.C8H15Br.3CH4/c1-7-8-9-11-14-19(4)23(5,6)22-21(17-18(2)3)20-15-12-10-13-16-20;1-9(2)8-11(12)10-6-4-3-5-7-10;1-3-4-5-6-7-8(2)9;;;/h10,12-13,15-16,21H,2,4,7-9,11,14,17H2,1,3,5-6H3;3-7,11-12H,1,8H2,2H3;2-7H2,1H3;3*1H4. The second-order valence-corrected chi connectivity index (χ2v) is 17.6. The lowest BCUT2D eigenvalue weighted by atomic mass is 10.0. The Kier molecular flexibility index (Phi) is 34.5. The fourth-order valence-corrected chi connectivity index (χ4v) is 6.74. The van der Waals surface area contributed by atoms with Gasteiger partial charge in [-0.15, -0.1) is 19.7 Å². The van der Waals surface area contributed by atoms with Crippen LogP contribution >= 0.6 is 15.9 Å². The third-order valence-electron chi connectivity index (χ3n) is 7.35. The van der Waals surface area contributed by atoms with Gasteiger partial charge in [0.15, 0.2) is 0 Å². The molecule has 0 radical (unpaired) electrons. The molecule has 0 heterocycles. The van der Waals surface area contributed by atoms with Crippen LogP contribution in [0.5, 0.6) is 0 Å². The van der Waals surface area contributed by atoms with Gasteiger partial charge in [-0.3, -0.25) is 0 Å². The molecule has 0 aliphatic carbocycles. The Morgan fingerprint density at radius 2 is 1.11 bits per heavy atom. The van der Waals surface area contributed by atoms with Crippen molar-refractivity contribution in [1.82, 2.24) is 0 Å². The SMILES string of the molecule is C.C.C.C=C(Br)CCCCCC.C=C(C)CC(O)c1ccccc1.C=C(C)CC(O[Si](C)(C)C(=C)CCCCCC)c1ccccc1. The molecule has 0 aliphatic heterocycles. The van der Waals surface area contributed by atoms with E-state index in [-0.39, 0.29) is 28.4 Å². The van der Waals surface area contributed by atoms with E-state index < -0.39 is 14.4 Å². The van der Waals surface area contributed by atoms with Crippen LogP contribution < -0.4 is 0 Å². The molecule has 0 spiro atoms. The molecule has 0 amide bonds. The van der Waals surface area contributed by atoms with Crippen molar-refractivity contribution in [2.75, 3.05) is 0 Å². The second kappa shape index (κ2) is 31.3. The van der Waals surface area contributed by atoms with E-state index in [4.69, 9.17) is 4.43 Å². The van der Waals surface area contributed by atoms with Gasteiger partial charge in [0.1, 0.15) is 0 Å². The Balaban J connectivity index is -0.000000325. The Morgan fingerprint density at radius 1 is 0.681 bits per heavy atom. The molecule has 2 aromatic carbocycles. The van der Waals surface area contributed by atoms with Crippen molar-refractivity contribution in [2.45, 2.75) is 152 Å². The molecule has 0 saturated carbocycles. The van der Waals surface area contributed by atoms with Crippen molar-refractivity contribution in [3.63, 3.8) is 0 Å². The average Bonchev–Trinajstić information content (AvgIpc) is 2.98. The number of hydrogen-bond donors (Lipinski definition) is 1. The maximum atomic E-state index is 9.63. The first kappa shape index (κ1) is 51.8. The zero-order valence-electron chi connectivity index (χ0n) is 29.0. The summed E-state index contributed by atoms with van der Waals surface area (Å²) < 4.78 is 7.77. The fraction of sp³-hybridized carbons (Fsp3) is 0.535. The van der Waals surface area contributed by atoms with Crippen LogP contribution in [0, 0.1) is 0 Å². The smallest absolute Gasteiger partial charge is 0.214 e. The first-order chi connectivity index (χ1) is 20.8. The summed E-state index contributed by atoms with van der Waals surface area (Å²) in [7, 11) is -1.92. The van der Waals surface area contributed by atoms with Crippen LogP contribution in [0.25, 0.3) is 0 Å². The number of aliphatic hydroxyl groups is 1. The highest BCUT2D eigenvalue weighted by Gasteiger charge is 2.30. The Morgan fingerprint density at radius 3 is 1.51 bits per heavy atom. The number of hydrogen-bond acceptors (Lipinski definition) is 2. The molecule has 2 unspecified atom stereocenters. The molecule has 2 nitrogen and oxygen atoms in total. The number of allylic oxidation sites excluding steroid dienone is 2. The average molecular weight is 732 g/mol. The van der Waals surface area contributed by atoms with Gasteiger partial charge in [-0.05, 0) is 81.1 Å². The molecule has 0 aliphatic rings. The normalized spacial score (nSPS) is 11.3. The third-order valence-corrected chi connectivity index (χ3v) is 10.6. The lowest BCUT2D eigenvalue weighted by Gasteiger charge is -2.31. The molecule has 47 heavy (non-hydrogen) atoms. The monoisotopic (exact) mass is 730 g/mol. The summed E-state index contributed by atoms with van der Waals surface area (Å²) in [6.45, 7) is 29.0. The van der Waals surface area contributed by atoms with E-state index >= 15 is 0 Å². The maximum absolute atomic E-state index is 9.63. The topological polar surface area (TPSA) is 29.5 Å². The summed E-state index contributed by atoms with van der Waals surface area (Å²) in [5.41, 5.74) is 4.37. The summed E-state index contributed by atoms with van der Waals surface area (Å²) in [4.78, 5) is 0. The maximum Gasteiger partial charge on any atom is 0.214 e. The minimum atomic E-state index is -1.92. The van der Waals surface area contributed by atoms with E-state index in [0.29, 0.717) is 6.42 Å². The first-order valence-electron chi connectivity index (χ1n) is 16.6. The number of unbranched alkanes of at least 4 members (excludes halogenated alkanes) is 6. The van der Waals surface area contributed by atoms with Gasteiger partial charge in [0.05, 0.1) is 12.2 Å². The van der Waals surface area contributed by atoms with Crippen LogP contribution in [0.3, 0.4) is 0 Å². The highest BCUT2D eigenvalue weighted by atomic mass is 79.9. The first-order valence-corrected chi connectivity index (χ1v) is 20.3. The summed E-state index contributed by atoms with van der Waals surface area (Å²) in [6, 6.07) is 20.2. The number of halogens is 1. The molecule has 0 saturated heterocycles. The van der Waals surface area contributed by atoms with Gasteiger partial charge >= 0.3 is 0 Å². The predicted octanol–water partition coefficient (Wildman–Crippen LogP) is 15.4. The van der Waals surface area contributed by atoms with Crippen molar-refractivity contribution in [1.29, 1.82) is 0 Å². The lowest BCUT2D eigenvalue weighted by molar-refractivity contribution is 0.178. The van der Waals surface area contributed by atoms with E-state index in [0.717, 1.165) is 40.5 Å². The van der Waals surface area contributed by atoms with Crippen molar-refractivity contribution in [2.24, 2.45) is 0 Å². The minimum Gasteiger partial charge on any atom is -0.406 e. The highest BCUT2D eigenvalue weighted by molar-refractivity contribution is 9.11. The highest BCUT2D eigenvalue weighted by Crippen LogP contribution is 2.32. The Bertz CT molecular complexity index is 1060. The van der Waals surface area contributed by atoms with Gasteiger partial charge in [0.25, 0.3) is 0 Å². The minimum absolute atomic E-state index is 0. The summed E-state index contributed by atoms with van der Waals surface area (Å²) in [6.07, 6.45) is 13.9. The largest absolute Gasteiger partial charge is 0.406 e. The van der Waals surface area contributed by atoms with Crippen LogP contribution in [0.15, 0.2) is 108 Å². The Labute approximate surface area is 303 Å². The zero-order chi connectivity index (χ0) is 33.4. The van der Waals surface area contributed by atoms with Crippen LogP contribution in [0.4, 0.5) is 0 Å². The lowest BCUT2D eigenvalue weighted by Crippen LogP contribution is -2.35. The molecule has 2 rings (SSSR count). The molecule has 0 bridgehead atoms. The van der Waals surface area contributed by atoms with E-state index in [1.807, 2.05) is 37.3 Å². The second-order valence-electron chi connectivity index (χ2n) is 12.5. The van der Waals surface area contributed by atoms with Crippen LogP contribution in [0.1, 0.15) is 150 Å². The van der Waals surface area contributed by atoms with Crippen LogP contribution in [-0.4, -0.2) is 13.4 Å². The number of benzene rings is 2. The summed E-state index contributed by atoms with van der Waals surface area (Å²) in [5.74, 6) is 0. The molecule has 2 aromatic rings. The number of aliphatic hydroxyl groups excluding tert-OH is 1. The number of rotatable bonds is 19. The molecule has 4 heteroatoms. The predicted molar refractivity (Wildman–Crippen MR) is 223 cm³/mol. The molecule has 0 fully saturated rings. The van der Waals surface area contributed by atoms with Crippen molar-refractivity contribution < 1.29 is 9.53 Å². The van der Waals surface area contributed by atoms with Gasteiger partial charge in [-0.2, -0.15) is 0 Å². The Hall–Kier alpha value is -1.98. The van der Waals surface area contributed by atoms with Crippen LogP contribution in [0.2, 0.25) is 13.1 Å². The van der Waals surface area contributed by atoms with Crippen molar-refractivity contribution in [3.8, 4) is 0 Å². The van der Waals surface area contributed by atoms with E-state index in [1.54, 1.807) is 0 Å². The molecular weight excluding hydrogens is 656 g/mol. The zero-order valence-corrected chi connectivity index (χ0v) is 31.6. The molecular formula is C43H75BrO2Si. The van der Waals surface area contributed by atoms with E-state index in [9.17, 15) is 5.11 Å². The van der Waals surface area contributed by atoms with Gasteiger partial charge in [0, 0.05) is 0 Å². The van der Waals surface area contributed by atoms with Crippen molar-refractivity contribution in [3.05, 3.63) is 119 Å². The molecule has 1 N–H and O–H groups in total. The van der Waals surface area contributed by atoms with Gasteiger partial charge < -0.3 is 9.53 Å². The van der Waals surface area contributed by atoms with Gasteiger partial charge in [-0.25, -0.2) is 0 Å². The summed E-state index contributed by atoms with van der Waals surface area (Å²) in [5, 5.41) is 11.0. The fourth-order valence-electron chi connectivity index (χ4n) is 4.58. The van der Waals surface area contributed by atoms with Crippen LogP contribution in [-0.2, 0) is 4.43 Å². The molecule has 0 aromatic heterocycles. The van der Waals surface area contributed by atoms with E-state index in [1.165, 1.54) is 62.1 Å². The third kappa shape index (κ3) is 27.6. The van der Waals surface area contributed by atoms with Gasteiger partial charge in [0.2, 0.25) is 8.32 Å². The molecule has 2 atom stereocenters. The molecule has 270 valence electrons. The quantitative estimate of drug-likeness (QED) is 0.0886. The van der Waals surface area contributed by atoms with Gasteiger partial charge in [-0.1, -0.05) is 174 Å². The summed E-state index contributed by atoms with van der Waals surface area (Å²) >= 11 is 3.33.